The first-order valence-corrected chi connectivity index (χ1v) is 25.0. The molecule has 5 rings (SSSR count). The molecule has 0 aromatic carbocycles. The molecule has 7 N–H and O–H groups in total. The molecule has 9 atom stereocenters. The summed E-state index contributed by atoms with van der Waals surface area (Å²) in [5, 5.41) is 17.9. The fraction of sp³-hybridized carbons (Fsp3) is 0.940. The average molecular weight is 830 g/mol. The molecule has 9 unspecified atom stereocenters. The van der Waals surface area contributed by atoms with Crippen molar-refractivity contribution in [2.45, 2.75) is 211 Å². The number of nitrogens with one attached hydrogen (secondary N) is 5. The first-order valence-electron chi connectivity index (χ1n) is 25.0. The van der Waals surface area contributed by atoms with Crippen LogP contribution in [0.1, 0.15) is 201 Å². The van der Waals surface area contributed by atoms with Gasteiger partial charge in [0.15, 0.2) is 5.82 Å². The summed E-state index contributed by atoms with van der Waals surface area (Å²) in [4.78, 5) is 15.0. The lowest BCUT2D eigenvalue weighted by Crippen LogP contribution is -2.42. The lowest BCUT2D eigenvalue weighted by Gasteiger charge is -2.29. The first-order chi connectivity index (χ1) is 27.8. The van der Waals surface area contributed by atoms with Crippen LogP contribution in [-0.4, -0.2) is 65.3 Å². The van der Waals surface area contributed by atoms with E-state index in [0.717, 1.165) is 104 Å². The van der Waals surface area contributed by atoms with Crippen molar-refractivity contribution in [3.63, 3.8) is 0 Å². The van der Waals surface area contributed by atoms with E-state index in [1.165, 1.54) is 77.0 Å². The van der Waals surface area contributed by atoms with Gasteiger partial charge in [0.2, 0.25) is 11.9 Å². The average Bonchev–Trinajstić information content (AvgIpc) is 4.00. The fourth-order valence-corrected chi connectivity index (χ4v) is 10.3. The van der Waals surface area contributed by atoms with Crippen molar-refractivity contribution in [2.75, 3.05) is 49.9 Å². The molecule has 4 aliphatic rings. The Morgan fingerprint density at radius 2 is 0.932 bits per heavy atom. The second-order valence-electron chi connectivity index (χ2n) is 20.8. The van der Waals surface area contributed by atoms with Crippen LogP contribution in [-0.2, 0) is 5.54 Å². The lowest BCUT2D eigenvalue weighted by molar-refractivity contribution is 0.295. The molecule has 4 saturated carbocycles. The van der Waals surface area contributed by atoms with Crippen LogP contribution in [0.4, 0.5) is 11.9 Å². The molecule has 1 aromatic heterocycles. The van der Waals surface area contributed by atoms with Crippen molar-refractivity contribution >= 4 is 11.9 Å². The fourth-order valence-electron chi connectivity index (χ4n) is 10.3. The summed E-state index contributed by atoms with van der Waals surface area (Å²) < 4.78 is 0. The minimum Gasteiger partial charge on any atom is -0.354 e. The molecule has 1 aromatic rings. The molecule has 348 valence electrons. The van der Waals surface area contributed by atoms with E-state index in [0.29, 0.717) is 17.0 Å². The number of nitrogens with zero attached hydrogens (tertiary/aromatic N) is 3. The normalized spacial score (nSPS) is 27.3. The molecule has 59 heavy (non-hydrogen) atoms. The molecule has 0 spiro atoms. The number of anilines is 2. The first kappa shape index (κ1) is 55.5. The standard InChI is InChI=1S/C34H60N6.2C6H15N.C2H7N.C2H6/c1-7-22-13-25(9-3)28(15-22)19-35-32-38-31(34(5,6)37-21-30-16-23(8-2)14-26(30)10-4)39-33(40-32)36-20-29-18-24-11-12-27(29)17-24;2*1-5-7-6(2,3)4;1-2-3;1-2/h22-30,37H,7-21H2,1-6H3,(H2,35,36,38,39,40);2*7H,5H2,1-4H3;2-3H2,1H3;1-2H3. The quantitative estimate of drug-likeness (QED) is 0.0966. The van der Waals surface area contributed by atoms with Crippen LogP contribution in [0.2, 0.25) is 0 Å². The van der Waals surface area contributed by atoms with E-state index in [1.54, 1.807) is 0 Å². The van der Waals surface area contributed by atoms with E-state index < -0.39 is 0 Å². The number of hydrogen-bond acceptors (Lipinski definition) is 9. The van der Waals surface area contributed by atoms with Gasteiger partial charge in [-0.25, -0.2) is 0 Å². The van der Waals surface area contributed by atoms with Gasteiger partial charge in [-0.3, -0.25) is 0 Å². The zero-order valence-corrected chi connectivity index (χ0v) is 42.3. The van der Waals surface area contributed by atoms with Crippen LogP contribution in [0, 0.1) is 53.3 Å². The molecule has 1 heterocycles. The molecule has 9 nitrogen and oxygen atoms in total. The highest BCUT2D eigenvalue weighted by atomic mass is 15.2. The topological polar surface area (TPSA) is 125 Å². The van der Waals surface area contributed by atoms with E-state index in [2.05, 4.69) is 124 Å². The Bertz CT molecular complexity index is 1190. The lowest BCUT2D eigenvalue weighted by atomic mass is 9.89. The molecule has 4 aliphatic carbocycles. The molecular weight excluding hydrogens is 727 g/mol. The Morgan fingerprint density at radius 3 is 1.27 bits per heavy atom. The van der Waals surface area contributed by atoms with E-state index in [-0.39, 0.29) is 5.54 Å². The minimum absolute atomic E-state index is 0.300. The van der Waals surface area contributed by atoms with Crippen LogP contribution in [0.15, 0.2) is 0 Å². The van der Waals surface area contributed by atoms with Crippen molar-refractivity contribution < 1.29 is 0 Å². The van der Waals surface area contributed by atoms with Gasteiger partial charge in [0, 0.05) is 24.2 Å². The Hall–Kier alpha value is -1.55. The maximum absolute atomic E-state index is 5.05. The van der Waals surface area contributed by atoms with Gasteiger partial charge in [-0.1, -0.05) is 94.4 Å². The predicted molar refractivity (Wildman–Crippen MR) is 260 cm³/mol. The molecule has 0 aliphatic heterocycles. The van der Waals surface area contributed by atoms with Gasteiger partial charge >= 0.3 is 0 Å². The summed E-state index contributed by atoms with van der Waals surface area (Å²) in [6.07, 6.45) is 16.3. The highest BCUT2D eigenvalue weighted by Gasteiger charge is 2.39. The smallest absolute Gasteiger partial charge is 0.227 e. The molecule has 0 amide bonds. The van der Waals surface area contributed by atoms with E-state index >= 15 is 0 Å². The van der Waals surface area contributed by atoms with Gasteiger partial charge < -0.3 is 32.3 Å². The Kier molecular flexibility index (Phi) is 26.5. The zero-order valence-electron chi connectivity index (χ0n) is 42.3. The summed E-state index contributed by atoms with van der Waals surface area (Å²) in [5.41, 5.74) is 5.14. The van der Waals surface area contributed by atoms with Crippen molar-refractivity contribution in [1.29, 1.82) is 0 Å². The van der Waals surface area contributed by atoms with Crippen molar-refractivity contribution in [2.24, 2.45) is 59.0 Å². The van der Waals surface area contributed by atoms with E-state index in [1.807, 2.05) is 20.8 Å². The van der Waals surface area contributed by atoms with Crippen LogP contribution in [0.25, 0.3) is 0 Å². The molecule has 4 fully saturated rings. The molecule has 9 heteroatoms. The number of aromatic nitrogens is 3. The van der Waals surface area contributed by atoms with Crippen molar-refractivity contribution in [3.05, 3.63) is 5.82 Å². The monoisotopic (exact) mass is 830 g/mol. The van der Waals surface area contributed by atoms with Crippen LogP contribution in [0.3, 0.4) is 0 Å². The van der Waals surface area contributed by atoms with Crippen LogP contribution in [0.5, 0.6) is 0 Å². The Morgan fingerprint density at radius 1 is 0.508 bits per heavy atom. The van der Waals surface area contributed by atoms with Crippen molar-refractivity contribution in [1.82, 2.24) is 30.9 Å². The highest BCUT2D eigenvalue weighted by molar-refractivity contribution is 5.36. The van der Waals surface area contributed by atoms with Crippen LogP contribution >= 0.6 is 0 Å². The highest BCUT2D eigenvalue weighted by Crippen LogP contribution is 2.48. The third-order valence-corrected chi connectivity index (χ3v) is 13.4. The van der Waals surface area contributed by atoms with Gasteiger partial charge in [0.05, 0.1) is 5.54 Å². The van der Waals surface area contributed by atoms with Crippen LogP contribution < -0.4 is 32.3 Å². The van der Waals surface area contributed by atoms with E-state index in [9.17, 15) is 0 Å². The minimum atomic E-state index is -0.308. The maximum Gasteiger partial charge on any atom is 0.227 e. The van der Waals surface area contributed by atoms with Crippen molar-refractivity contribution in [3.8, 4) is 0 Å². The van der Waals surface area contributed by atoms with Gasteiger partial charge in [-0.05, 0) is 180 Å². The summed E-state index contributed by atoms with van der Waals surface area (Å²) >= 11 is 0. The van der Waals surface area contributed by atoms with Gasteiger partial charge in [0.25, 0.3) is 0 Å². The maximum atomic E-state index is 5.05. The molecule has 0 radical (unpaired) electrons. The molecular formula is C50H103N9. The summed E-state index contributed by atoms with van der Waals surface area (Å²) in [6, 6.07) is 0. The molecule has 2 bridgehead atoms. The number of fused-ring (bicyclic) bond motifs is 2. The van der Waals surface area contributed by atoms with Gasteiger partial charge in [-0.15, -0.1) is 0 Å². The number of hydrogen-bond donors (Lipinski definition) is 6. The Balaban J connectivity index is 0.000000767. The van der Waals surface area contributed by atoms with Gasteiger partial charge in [-0.2, -0.15) is 15.0 Å². The molecule has 0 saturated heterocycles. The zero-order chi connectivity index (χ0) is 44.8. The Labute approximate surface area is 367 Å². The summed E-state index contributed by atoms with van der Waals surface area (Å²) in [5.74, 6) is 9.91. The second-order valence-corrected chi connectivity index (χ2v) is 20.8. The largest absolute Gasteiger partial charge is 0.354 e. The summed E-state index contributed by atoms with van der Waals surface area (Å²) in [6.45, 7) is 43.0. The van der Waals surface area contributed by atoms with E-state index in [4.69, 9.17) is 20.7 Å². The number of rotatable bonds is 16. The number of nitrogens with two attached hydrogens (primary N) is 1. The van der Waals surface area contributed by atoms with Gasteiger partial charge in [0.1, 0.15) is 0 Å². The predicted octanol–water partition coefficient (Wildman–Crippen LogP) is 11.7. The SMILES string of the molecule is CC.CCC1CC(CC)C(CNc2nc(NCC3CC4CCC3C4)nc(C(C)(C)NCC3CC(CC)CC3CC)n2)C1.CCN.CCNC(C)(C)C.CCNC(C)(C)C. The summed E-state index contributed by atoms with van der Waals surface area (Å²) in [7, 11) is 0. The third kappa shape index (κ3) is 20.9. The second kappa shape index (κ2) is 28.2. The third-order valence-electron chi connectivity index (χ3n) is 13.4.